The molecule has 0 N–H and O–H groups in total. The lowest BCUT2D eigenvalue weighted by atomic mass is 9.79. The Hall–Kier alpha value is -2.45. The molecule has 5 heterocycles. The zero-order chi connectivity index (χ0) is 23.9. The summed E-state index contributed by atoms with van der Waals surface area (Å²) in [5, 5.41) is 0. The first-order valence-electron chi connectivity index (χ1n) is 12.3. The van der Waals surface area contributed by atoms with Crippen molar-refractivity contribution in [3.8, 4) is 5.75 Å². The second kappa shape index (κ2) is 8.96. The number of ether oxygens (including phenoxy) is 1. The number of aryl methyl sites for hydroxylation is 1. The Morgan fingerprint density at radius 1 is 1.18 bits per heavy atom. The van der Waals surface area contributed by atoms with Gasteiger partial charge in [-0.15, -0.1) is 0 Å². The second-order valence-corrected chi connectivity index (χ2v) is 12.5. The molecule has 3 aliphatic heterocycles. The minimum absolute atomic E-state index is 0.207. The van der Waals surface area contributed by atoms with Crippen LogP contribution < -0.4 is 9.64 Å². The monoisotopic (exact) mass is 481 g/mol. The molecule has 3 aliphatic rings. The molecule has 2 aromatic heterocycles. The Morgan fingerprint density at radius 2 is 1.91 bits per heavy atom. The summed E-state index contributed by atoms with van der Waals surface area (Å²) in [6, 6.07) is 2.20. The lowest BCUT2D eigenvalue weighted by molar-refractivity contribution is 0.0347. The number of aromatic nitrogens is 3. The molecule has 2 atom stereocenters. The third kappa shape index (κ3) is 4.58. The number of piperidine rings is 1. The van der Waals surface area contributed by atoms with Gasteiger partial charge < -0.3 is 9.64 Å². The van der Waals surface area contributed by atoms with E-state index in [0.29, 0.717) is 12.5 Å². The van der Waals surface area contributed by atoms with E-state index in [-0.39, 0.29) is 5.60 Å². The predicted molar refractivity (Wildman–Crippen MR) is 139 cm³/mol. The van der Waals surface area contributed by atoms with Crippen LogP contribution >= 0.6 is 0 Å². The molecule has 2 aromatic rings. The SMILES string of the molecule is C=S(C)(=O)N1CC=C(c2cc3c(cn2)O[C@](C)(C2CCN(c4ncc(CC)cn4)CC2)C3)CC1. The number of hydrogen-bond acceptors (Lipinski definition) is 6. The first-order chi connectivity index (χ1) is 16.2. The van der Waals surface area contributed by atoms with Crippen molar-refractivity contribution in [3.05, 3.63) is 47.6 Å². The van der Waals surface area contributed by atoms with E-state index >= 15 is 0 Å². The van der Waals surface area contributed by atoms with E-state index in [1.165, 1.54) is 16.7 Å². The molecule has 1 saturated heterocycles. The molecule has 7 nitrogen and oxygen atoms in total. The second-order valence-electron chi connectivity index (χ2n) is 10.1. The summed E-state index contributed by atoms with van der Waals surface area (Å²) in [5.41, 5.74) is 4.44. The van der Waals surface area contributed by atoms with Gasteiger partial charge in [-0.3, -0.25) is 9.19 Å². The van der Waals surface area contributed by atoms with Crippen LogP contribution in [0.2, 0.25) is 0 Å². The van der Waals surface area contributed by atoms with Gasteiger partial charge in [0.2, 0.25) is 5.95 Å². The maximum atomic E-state index is 12.2. The molecule has 8 heteroatoms. The molecule has 0 amide bonds. The lowest BCUT2D eigenvalue weighted by Crippen LogP contribution is -2.46. The molecule has 0 radical (unpaired) electrons. The van der Waals surface area contributed by atoms with Crippen molar-refractivity contribution >= 4 is 27.1 Å². The number of nitrogens with zero attached hydrogens (tertiary/aromatic N) is 5. The molecule has 1 unspecified atom stereocenters. The summed E-state index contributed by atoms with van der Waals surface area (Å²) in [7, 11) is -2.16. The van der Waals surface area contributed by atoms with Crippen LogP contribution in [0.1, 0.15) is 49.9 Å². The molecule has 1 fully saturated rings. The van der Waals surface area contributed by atoms with Gasteiger partial charge in [-0.1, -0.05) is 13.0 Å². The molecule has 0 spiro atoms. The average molecular weight is 482 g/mol. The van der Waals surface area contributed by atoms with Gasteiger partial charge in [-0.25, -0.2) is 14.3 Å². The highest BCUT2D eigenvalue weighted by atomic mass is 32.2. The molecule has 182 valence electrons. The number of anilines is 1. The summed E-state index contributed by atoms with van der Waals surface area (Å²) < 4.78 is 20.7. The summed E-state index contributed by atoms with van der Waals surface area (Å²) >= 11 is 0. The Balaban J connectivity index is 1.24. The van der Waals surface area contributed by atoms with E-state index in [4.69, 9.17) is 9.72 Å². The fourth-order valence-corrected chi connectivity index (χ4v) is 6.27. The van der Waals surface area contributed by atoms with Crippen molar-refractivity contribution in [2.24, 2.45) is 5.92 Å². The minimum atomic E-state index is -2.16. The van der Waals surface area contributed by atoms with Crippen LogP contribution in [0.4, 0.5) is 5.95 Å². The quantitative estimate of drug-likeness (QED) is 0.610. The highest BCUT2D eigenvalue weighted by molar-refractivity contribution is 7.97. The van der Waals surface area contributed by atoms with Crippen molar-refractivity contribution < 1.29 is 8.95 Å². The third-order valence-electron chi connectivity index (χ3n) is 7.62. The topological polar surface area (TPSA) is 71.5 Å². The van der Waals surface area contributed by atoms with Crippen LogP contribution in [0.25, 0.3) is 5.57 Å². The van der Waals surface area contributed by atoms with Crippen molar-refractivity contribution in [1.29, 1.82) is 0 Å². The standard InChI is InChI=1S/C26H35N5O2S/c1-5-19-16-28-25(29-17-19)30-10-8-22(9-11-30)26(2)15-21-14-23(27-18-24(21)33-26)20-6-12-31(13-7-20)34(3,4)32/h6,14,16-18,22H,3,5,7-13,15H2,1-2,4H3/t26-,34?/m0/s1. The number of fused-ring (bicyclic) bond motifs is 1. The zero-order valence-corrected chi connectivity index (χ0v) is 21.3. The van der Waals surface area contributed by atoms with Gasteiger partial charge in [0.25, 0.3) is 0 Å². The number of rotatable bonds is 5. The fraction of sp³-hybridized carbons (Fsp3) is 0.538. The molecule has 34 heavy (non-hydrogen) atoms. The molecular weight excluding hydrogens is 446 g/mol. The van der Waals surface area contributed by atoms with Crippen molar-refractivity contribution in [2.75, 3.05) is 37.3 Å². The summed E-state index contributed by atoms with van der Waals surface area (Å²) in [6.45, 7) is 7.68. The minimum Gasteiger partial charge on any atom is -0.485 e. The Bertz CT molecular complexity index is 1190. The first-order valence-corrected chi connectivity index (χ1v) is 14.3. The van der Waals surface area contributed by atoms with Gasteiger partial charge in [0.05, 0.1) is 11.9 Å². The Labute approximate surface area is 203 Å². The molecule has 0 aromatic carbocycles. The van der Waals surface area contributed by atoms with Crippen molar-refractivity contribution in [1.82, 2.24) is 19.3 Å². The summed E-state index contributed by atoms with van der Waals surface area (Å²) in [5.74, 6) is 6.04. The average Bonchev–Trinajstić information content (AvgIpc) is 3.20. The van der Waals surface area contributed by atoms with Gasteiger partial charge in [-0.2, -0.15) is 0 Å². The van der Waals surface area contributed by atoms with Crippen LogP contribution in [0, 0.1) is 5.92 Å². The Morgan fingerprint density at radius 3 is 2.53 bits per heavy atom. The van der Waals surface area contributed by atoms with E-state index in [1.807, 2.05) is 22.9 Å². The van der Waals surface area contributed by atoms with E-state index in [9.17, 15) is 4.21 Å². The molecule has 5 rings (SSSR count). The van der Waals surface area contributed by atoms with Crippen LogP contribution in [0.3, 0.4) is 0 Å². The van der Waals surface area contributed by atoms with Gasteiger partial charge in [0.15, 0.2) is 0 Å². The summed E-state index contributed by atoms with van der Waals surface area (Å²) in [4.78, 5) is 16.1. The predicted octanol–water partition coefficient (Wildman–Crippen LogP) is 3.39. The van der Waals surface area contributed by atoms with Crippen molar-refractivity contribution in [2.45, 2.75) is 51.6 Å². The molecule has 0 bridgehead atoms. The van der Waals surface area contributed by atoms with Gasteiger partial charge in [0.1, 0.15) is 11.4 Å². The maximum Gasteiger partial charge on any atom is 0.225 e. The largest absolute Gasteiger partial charge is 0.485 e. The van der Waals surface area contributed by atoms with Gasteiger partial charge in [-0.05, 0) is 55.7 Å². The van der Waals surface area contributed by atoms with E-state index < -0.39 is 9.71 Å². The fourth-order valence-electron chi connectivity index (χ4n) is 5.40. The van der Waals surface area contributed by atoms with Crippen molar-refractivity contribution in [3.63, 3.8) is 0 Å². The summed E-state index contributed by atoms with van der Waals surface area (Å²) in [6.07, 6.45) is 14.5. The number of pyridine rings is 1. The van der Waals surface area contributed by atoms with Gasteiger partial charge >= 0.3 is 0 Å². The van der Waals surface area contributed by atoms with Crippen LogP contribution in [0.5, 0.6) is 5.75 Å². The van der Waals surface area contributed by atoms with E-state index in [2.05, 4.69) is 46.7 Å². The number of hydrogen-bond donors (Lipinski definition) is 0. The highest BCUT2D eigenvalue weighted by Crippen LogP contribution is 2.43. The van der Waals surface area contributed by atoms with Crippen LogP contribution in [-0.4, -0.2) is 67.4 Å². The normalized spacial score (nSPS) is 25.4. The highest BCUT2D eigenvalue weighted by Gasteiger charge is 2.43. The Kier molecular flexibility index (Phi) is 6.14. The first kappa shape index (κ1) is 23.3. The smallest absolute Gasteiger partial charge is 0.225 e. The van der Waals surface area contributed by atoms with Gasteiger partial charge in [0, 0.05) is 72.4 Å². The maximum absolute atomic E-state index is 12.2. The van der Waals surface area contributed by atoms with Crippen LogP contribution in [-0.2, 0) is 22.5 Å². The molecular formula is C26H35N5O2S. The molecule has 0 aliphatic carbocycles. The molecule has 0 saturated carbocycles. The lowest BCUT2D eigenvalue weighted by Gasteiger charge is -2.40. The van der Waals surface area contributed by atoms with Crippen LogP contribution in [0.15, 0.2) is 30.7 Å². The van der Waals surface area contributed by atoms with E-state index in [0.717, 1.165) is 69.1 Å². The third-order valence-corrected chi connectivity index (χ3v) is 9.05. The van der Waals surface area contributed by atoms with E-state index in [1.54, 1.807) is 6.26 Å². The zero-order valence-electron chi connectivity index (χ0n) is 20.5.